The minimum Gasteiger partial charge on any atom is -0.487 e. The quantitative estimate of drug-likeness (QED) is 0.628. The molecule has 0 heterocycles. The molecule has 1 aliphatic carbocycles. The van der Waals surface area contributed by atoms with Crippen LogP contribution in [0.4, 0.5) is 0 Å². The molecule has 0 spiro atoms. The van der Waals surface area contributed by atoms with Crippen molar-refractivity contribution in [2.75, 3.05) is 0 Å². The van der Waals surface area contributed by atoms with E-state index < -0.39 is 0 Å². The van der Waals surface area contributed by atoms with Crippen LogP contribution in [0.5, 0.6) is 0 Å². The molecule has 23 heavy (non-hydrogen) atoms. The monoisotopic (exact) mass is 364 g/mol. The average molecular weight is 365 g/mol. The maximum atomic E-state index is 12.6. The van der Waals surface area contributed by atoms with Crippen LogP contribution >= 0.6 is 15.9 Å². The van der Waals surface area contributed by atoms with Gasteiger partial charge in [-0.2, -0.15) is 0 Å². The van der Waals surface area contributed by atoms with Gasteiger partial charge in [0.2, 0.25) is 5.78 Å². The molecule has 0 amide bonds. The molecule has 2 nitrogen and oxygen atoms in total. The summed E-state index contributed by atoms with van der Waals surface area (Å²) in [4.78, 5) is 12.6. The minimum atomic E-state index is -0.0302. The van der Waals surface area contributed by atoms with Gasteiger partial charge in [-0.05, 0) is 26.9 Å². The molecule has 3 heteroatoms. The third-order valence-electron chi connectivity index (χ3n) is 4.02. The summed E-state index contributed by atoms with van der Waals surface area (Å²) in [6.45, 7) is 0.428. The molecule has 112 valence electrons. The van der Waals surface area contributed by atoms with Gasteiger partial charge in [-0.25, -0.2) is 0 Å². The number of ether oxygens (including phenoxy) is 1. The highest BCUT2D eigenvalue weighted by molar-refractivity contribution is 9.12. The number of ketones is 1. The molecular weight excluding hydrogens is 352 g/mol. The van der Waals surface area contributed by atoms with Crippen molar-refractivity contribution in [1.82, 2.24) is 0 Å². The van der Waals surface area contributed by atoms with Gasteiger partial charge in [0.05, 0.1) is 0 Å². The van der Waals surface area contributed by atoms with Crippen LogP contribution < -0.4 is 0 Å². The summed E-state index contributed by atoms with van der Waals surface area (Å²) in [6, 6.07) is 21.7. The highest BCUT2D eigenvalue weighted by atomic mass is 79.9. The van der Waals surface area contributed by atoms with E-state index in [0.717, 1.165) is 27.5 Å². The molecule has 4 rings (SSSR count). The fourth-order valence-electron chi connectivity index (χ4n) is 2.93. The van der Waals surface area contributed by atoms with Crippen molar-refractivity contribution in [2.24, 2.45) is 0 Å². The lowest BCUT2D eigenvalue weighted by atomic mass is 9.91. The van der Waals surface area contributed by atoms with Crippen LogP contribution in [-0.4, -0.2) is 5.78 Å². The number of Topliss-reactive ketones (excluding diaryl/α,β-unsaturated/α-hetero) is 1. The van der Waals surface area contributed by atoms with Gasteiger partial charge < -0.3 is 4.74 Å². The molecule has 0 bridgehead atoms. The van der Waals surface area contributed by atoms with E-state index in [9.17, 15) is 4.79 Å². The fraction of sp³-hybridized carbons (Fsp3) is 0.0500. The minimum absolute atomic E-state index is 0.0302. The lowest BCUT2D eigenvalue weighted by Gasteiger charge is -2.21. The van der Waals surface area contributed by atoms with Gasteiger partial charge in [-0.1, -0.05) is 66.7 Å². The first-order valence-electron chi connectivity index (χ1n) is 7.39. The van der Waals surface area contributed by atoms with Gasteiger partial charge in [0, 0.05) is 16.5 Å². The summed E-state index contributed by atoms with van der Waals surface area (Å²) in [5.74, 6) is 0.584. The van der Waals surface area contributed by atoms with Crippen LogP contribution in [0.1, 0.15) is 21.5 Å². The van der Waals surface area contributed by atoms with E-state index in [1.54, 1.807) is 0 Å². The topological polar surface area (TPSA) is 26.3 Å². The predicted molar refractivity (Wildman–Crippen MR) is 95.4 cm³/mol. The molecular formula is C20H13BrO2. The first kappa shape index (κ1) is 14.2. The Balaban J connectivity index is 1.81. The van der Waals surface area contributed by atoms with Crippen molar-refractivity contribution >= 4 is 38.2 Å². The van der Waals surface area contributed by atoms with E-state index in [1.807, 2.05) is 66.7 Å². The Bertz CT molecular complexity index is 937. The molecule has 0 saturated heterocycles. The number of hydrogen-bond acceptors (Lipinski definition) is 2. The van der Waals surface area contributed by atoms with Crippen LogP contribution in [-0.2, 0) is 11.3 Å². The number of carbonyl (C=O) groups is 1. The van der Waals surface area contributed by atoms with Gasteiger partial charge in [0.15, 0.2) is 0 Å². The number of hydrogen-bond donors (Lipinski definition) is 0. The van der Waals surface area contributed by atoms with Crippen molar-refractivity contribution in [1.29, 1.82) is 0 Å². The molecule has 0 unspecified atom stereocenters. The Morgan fingerprint density at radius 2 is 1.52 bits per heavy atom. The maximum Gasteiger partial charge on any atom is 0.204 e. The molecule has 0 aliphatic heterocycles. The first-order valence-corrected chi connectivity index (χ1v) is 8.18. The Labute approximate surface area is 142 Å². The number of halogens is 1. The Kier molecular flexibility index (Phi) is 3.50. The summed E-state index contributed by atoms with van der Waals surface area (Å²) >= 11 is 3.43. The SMILES string of the molecule is O=C1C(Br)=C(OCc2ccccc2)c2cccc3cccc1c23. The molecule has 1 aliphatic rings. The number of allylic oxidation sites excluding steroid dienone is 1. The van der Waals surface area contributed by atoms with E-state index in [2.05, 4.69) is 15.9 Å². The van der Waals surface area contributed by atoms with E-state index in [-0.39, 0.29) is 5.78 Å². The second-order valence-corrected chi connectivity index (χ2v) is 6.25. The van der Waals surface area contributed by atoms with Crippen LogP contribution in [0.2, 0.25) is 0 Å². The Morgan fingerprint density at radius 3 is 2.26 bits per heavy atom. The zero-order chi connectivity index (χ0) is 15.8. The van der Waals surface area contributed by atoms with Gasteiger partial charge in [-0.3, -0.25) is 4.79 Å². The highest BCUT2D eigenvalue weighted by Crippen LogP contribution is 2.39. The molecule has 0 fully saturated rings. The predicted octanol–water partition coefficient (Wildman–Crippen LogP) is 5.32. The van der Waals surface area contributed by atoms with Crippen molar-refractivity contribution in [3.05, 3.63) is 87.9 Å². The van der Waals surface area contributed by atoms with Crippen molar-refractivity contribution < 1.29 is 9.53 Å². The van der Waals surface area contributed by atoms with Gasteiger partial charge >= 0.3 is 0 Å². The first-order chi connectivity index (χ1) is 11.3. The van der Waals surface area contributed by atoms with E-state index >= 15 is 0 Å². The number of benzene rings is 3. The van der Waals surface area contributed by atoms with Gasteiger partial charge in [0.1, 0.15) is 16.8 Å². The molecule has 0 radical (unpaired) electrons. The van der Waals surface area contributed by atoms with Gasteiger partial charge in [-0.15, -0.1) is 0 Å². The van der Waals surface area contributed by atoms with Crippen molar-refractivity contribution in [3.63, 3.8) is 0 Å². The normalized spacial score (nSPS) is 13.5. The molecule has 3 aromatic carbocycles. The summed E-state index contributed by atoms with van der Waals surface area (Å²) in [5.41, 5.74) is 2.75. The Hall–Kier alpha value is -2.39. The summed E-state index contributed by atoms with van der Waals surface area (Å²) < 4.78 is 6.50. The largest absolute Gasteiger partial charge is 0.487 e. The molecule has 3 aromatic rings. The zero-order valence-electron chi connectivity index (χ0n) is 12.3. The second-order valence-electron chi connectivity index (χ2n) is 5.46. The second kappa shape index (κ2) is 5.67. The molecule has 0 saturated carbocycles. The standard InChI is InChI=1S/C20H13BrO2/c21-18-19(22)15-10-4-8-14-9-5-11-16(17(14)15)20(18)23-12-13-6-2-1-3-7-13/h1-11H,12H2. The van der Waals surface area contributed by atoms with Crippen LogP contribution in [0.15, 0.2) is 71.2 Å². The summed E-state index contributed by atoms with van der Waals surface area (Å²) in [6.07, 6.45) is 0. The van der Waals surface area contributed by atoms with E-state index in [1.165, 1.54) is 0 Å². The summed E-state index contributed by atoms with van der Waals surface area (Å²) in [7, 11) is 0. The van der Waals surface area contributed by atoms with Crippen LogP contribution in [0.3, 0.4) is 0 Å². The van der Waals surface area contributed by atoms with Crippen molar-refractivity contribution in [3.8, 4) is 0 Å². The molecule has 0 aromatic heterocycles. The van der Waals surface area contributed by atoms with Crippen LogP contribution in [0.25, 0.3) is 16.5 Å². The summed E-state index contributed by atoms with van der Waals surface area (Å²) in [5, 5.41) is 2.01. The highest BCUT2D eigenvalue weighted by Gasteiger charge is 2.27. The van der Waals surface area contributed by atoms with E-state index in [4.69, 9.17) is 4.74 Å². The molecule has 0 N–H and O–H groups in total. The average Bonchev–Trinajstić information content (AvgIpc) is 2.60. The Morgan fingerprint density at radius 1 is 0.826 bits per heavy atom. The lowest BCUT2D eigenvalue weighted by molar-refractivity contribution is 0.104. The van der Waals surface area contributed by atoms with Crippen LogP contribution in [0, 0.1) is 0 Å². The third kappa shape index (κ3) is 2.37. The zero-order valence-corrected chi connectivity index (χ0v) is 13.8. The van der Waals surface area contributed by atoms with Crippen molar-refractivity contribution in [2.45, 2.75) is 6.61 Å². The fourth-order valence-corrected chi connectivity index (χ4v) is 3.47. The smallest absolute Gasteiger partial charge is 0.204 e. The lowest BCUT2D eigenvalue weighted by Crippen LogP contribution is -2.11. The third-order valence-corrected chi connectivity index (χ3v) is 4.74. The van der Waals surface area contributed by atoms with E-state index in [0.29, 0.717) is 16.8 Å². The maximum absolute atomic E-state index is 12.6. The number of rotatable bonds is 3. The molecule has 0 atom stereocenters. The van der Waals surface area contributed by atoms with Gasteiger partial charge in [0.25, 0.3) is 0 Å². The number of carbonyl (C=O) groups excluding carboxylic acids is 1.